The molecular weight excluding hydrogens is 284 g/mol. The second-order valence-electron chi connectivity index (χ2n) is 4.03. The Hall–Kier alpha value is -1.08. The summed E-state index contributed by atoms with van der Waals surface area (Å²) in [7, 11) is 0. The van der Waals surface area contributed by atoms with E-state index in [1.54, 1.807) is 24.1 Å². The van der Waals surface area contributed by atoms with Gasteiger partial charge in [0.2, 0.25) is 5.91 Å². The molecule has 1 amide bonds. The quantitative estimate of drug-likeness (QED) is 0.783. The average molecular weight is 302 g/mol. The maximum atomic E-state index is 11.6. The van der Waals surface area contributed by atoms with Crippen LogP contribution in [0.3, 0.4) is 0 Å². The molecule has 1 aromatic heterocycles. The van der Waals surface area contributed by atoms with Gasteiger partial charge < -0.3 is 10.1 Å². The number of thiazole rings is 1. The summed E-state index contributed by atoms with van der Waals surface area (Å²) >= 11 is 2.89. The zero-order chi connectivity index (χ0) is 14.3. The lowest BCUT2D eigenvalue weighted by atomic mass is 10.3. The van der Waals surface area contributed by atoms with E-state index >= 15 is 0 Å². The number of rotatable bonds is 7. The molecule has 0 spiro atoms. The number of thioether (sulfide) groups is 1. The van der Waals surface area contributed by atoms with Crippen LogP contribution in [0.4, 0.5) is 5.13 Å². The molecule has 0 unspecified atom stereocenters. The van der Waals surface area contributed by atoms with Crippen LogP contribution in [0, 0.1) is 0 Å². The van der Waals surface area contributed by atoms with Gasteiger partial charge in [0.05, 0.1) is 24.5 Å². The average Bonchev–Trinajstić information content (AvgIpc) is 2.74. The molecule has 0 bridgehead atoms. The van der Waals surface area contributed by atoms with Crippen molar-refractivity contribution in [1.82, 2.24) is 4.98 Å². The molecule has 19 heavy (non-hydrogen) atoms. The van der Waals surface area contributed by atoms with E-state index in [0.29, 0.717) is 28.4 Å². The van der Waals surface area contributed by atoms with E-state index in [4.69, 9.17) is 4.74 Å². The fourth-order valence-electron chi connectivity index (χ4n) is 1.20. The molecule has 0 aliphatic rings. The summed E-state index contributed by atoms with van der Waals surface area (Å²) in [6, 6.07) is 0. The van der Waals surface area contributed by atoms with Crippen molar-refractivity contribution in [3.63, 3.8) is 0 Å². The number of nitrogens with one attached hydrogen (secondary N) is 1. The number of carbonyl (C=O) groups excluding carboxylic acids is 2. The number of amides is 1. The van der Waals surface area contributed by atoms with Crippen LogP contribution in [-0.4, -0.2) is 34.5 Å². The second kappa shape index (κ2) is 8.16. The molecule has 0 atom stereocenters. The number of hydrogen-bond acceptors (Lipinski definition) is 6. The number of anilines is 1. The monoisotopic (exact) mass is 302 g/mol. The van der Waals surface area contributed by atoms with Gasteiger partial charge in [0, 0.05) is 5.38 Å². The molecule has 0 saturated carbocycles. The summed E-state index contributed by atoms with van der Waals surface area (Å²) in [6.45, 7) is 6.20. The van der Waals surface area contributed by atoms with Gasteiger partial charge in [-0.25, -0.2) is 4.98 Å². The Morgan fingerprint density at radius 3 is 2.89 bits per heavy atom. The lowest BCUT2D eigenvalue weighted by Gasteiger charge is -2.04. The van der Waals surface area contributed by atoms with Gasteiger partial charge in [0.1, 0.15) is 0 Å². The molecule has 0 aromatic carbocycles. The minimum Gasteiger partial charge on any atom is -0.466 e. The first-order chi connectivity index (χ1) is 9.01. The SMILES string of the molecule is CCOC(=O)Cc1csc(NC(=O)CSC(C)C)n1. The predicted octanol–water partition coefficient (Wildman–Crippen LogP) is 2.33. The van der Waals surface area contributed by atoms with Gasteiger partial charge in [-0.05, 0) is 12.2 Å². The van der Waals surface area contributed by atoms with E-state index in [0.717, 1.165) is 0 Å². The molecule has 0 fully saturated rings. The normalized spacial score (nSPS) is 10.5. The zero-order valence-corrected chi connectivity index (χ0v) is 12.9. The molecule has 7 heteroatoms. The minimum atomic E-state index is -0.305. The Morgan fingerprint density at radius 1 is 1.53 bits per heavy atom. The van der Waals surface area contributed by atoms with E-state index in [1.807, 2.05) is 13.8 Å². The van der Waals surface area contributed by atoms with Gasteiger partial charge in [-0.15, -0.1) is 23.1 Å². The molecule has 5 nitrogen and oxygen atoms in total. The third kappa shape index (κ3) is 6.58. The van der Waals surface area contributed by atoms with Gasteiger partial charge in [0.15, 0.2) is 5.13 Å². The van der Waals surface area contributed by atoms with E-state index < -0.39 is 0 Å². The Bertz CT molecular complexity index is 432. The molecule has 1 N–H and O–H groups in total. The summed E-state index contributed by atoms with van der Waals surface area (Å²) in [5.74, 6) is 0.0292. The number of carbonyl (C=O) groups is 2. The number of nitrogens with zero attached hydrogens (tertiary/aromatic N) is 1. The fraction of sp³-hybridized carbons (Fsp3) is 0.583. The van der Waals surface area contributed by atoms with Crippen LogP contribution in [0.5, 0.6) is 0 Å². The Morgan fingerprint density at radius 2 is 2.26 bits per heavy atom. The lowest BCUT2D eigenvalue weighted by molar-refractivity contribution is -0.142. The van der Waals surface area contributed by atoms with Gasteiger partial charge in [-0.1, -0.05) is 13.8 Å². The maximum absolute atomic E-state index is 11.6. The largest absolute Gasteiger partial charge is 0.466 e. The van der Waals surface area contributed by atoms with E-state index in [1.165, 1.54) is 11.3 Å². The Kier molecular flexibility index (Phi) is 6.86. The van der Waals surface area contributed by atoms with Crippen LogP contribution < -0.4 is 5.32 Å². The van der Waals surface area contributed by atoms with Crippen molar-refractivity contribution < 1.29 is 14.3 Å². The summed E-state index contributed by atoms with van der Waals surface area (Å²) in [5.41, 5.74) is 0.621. The van der Waals surface area contributed by atoms with Gasteiger partial charge in [-0.2, -0.15) is 0 Å². The van der Waals surface area contributed by atoms with Crippen LogP contribution in [0.25, 0.3) is 0 Å². The van der Waals surface area contributed by atoms with Crippen molar-refractivity contribution in [2.75, 3.05) is 17.7 Å². The summed E-state index contributed by atoms with van der Waals surface area (Å²) in [4.78, 5) is 27.0. The smallest absolute Gasteiger partial charge is 0.311 e. The predicted molar refractivity (Wildman–Crippen MR) is 78.7 cm³/mol. The van der Waals surface area contributed by atoms with E-state index in [-0.39, 0.29) is 18.3 Å². The molecule has 1 rings (SSSR count). The van der Waals surface area contributed by atoms with Crippen LogP contribution in [0.2, 0.25) is 0 Å². The van der Waals surface area contributed by atoms with Crippen molar-refractivity contribution in [3.05, 3.63) is 11.1 Å². The zero-order valence-electron chi connectivity index (χ0n) is 11.3. The maximum Gasteiger partial charge on any atom is 0.311 e. The third-order valence-electron chi connectivity index (χ3n) is 1.98. The minimum absolute atomic E-state index is 0.0734. The van der Waals surface area contributed by atoms with Gasteiger partial charge in [-0.3, -0.25) is 9.59 Å². The van der Waals surface area contributed by atoms with Crippen molar-refractivity contribution >= 4 is 40.1 Å². The highest BCUT2D eigenvalue weighted by atomic mass is 32.2. The first-order valence-corrected chi connectivity index (χ1v) is 7.95. The summed E-state index contributed by atoms with van der Waals surface area (Å²) in [5, 5.41) is 5.41. The standard InChI is InChI=1S/C12H18N2O3S2/c1-4-17-11(16)5-9-6-19-12(13-9)14-10(15)7-18-8(2)3/h6,8H,4-5,7H2,1-3H3,(H,13,14,15). The van der Waals surface area contributed by atoms with Crippen molar-refractivity contribution in [1.29, 1.82) is 0 Å². The number of hydrogen-bond donors (Lipinski definition) is 1. The number of esters is 1. The van der Waals surface area contributed by atoms with Crippen LogP contribution >= 0.6 is 23.1 Å². The third-order valence-corrected chi connectivity index (χ3v) is 3.88. The van der Waals surface area contributed by atoms with Crippen molar-refractivity contribution in [2.45, 2.75) is 32.4 Å². The second-order valence-corrected chi connectivity index (χ2v) is 6.46. The van der Waals surface area contributed by atoms with Crippen LogP contribution in [0.15, 0.2) is 5.38 Å². The fourth-order valence-corrected chi connectivity index (χ4v) is 2.49. The Labute approximate surface area is 121 Å². The van der Waals surface area contributed by atoms with Crippen LogP contribution in [0.1, 0.15) is 26.5 Å². The summed E-state index contributed by atoms with van der Waals surface area (Å²) in [6.07, 6.45) is 0.140. The molecule has 1 heterocycles. The highest BCUT2D eigenvalue weighted by Crippen LogP contribution is 2.17. The molecule has 0 aliphatic carbocycles. The molecule has 0 radical (unpaired) electrons. The highest BCUT2D eigenvalue weighted by Gasteiger charge is 2.10. The first kappa shape index (κ1) is 16.0. The van der Waals surface area contributed by atoms with Crippen molar-refractivity contribution in [3.8, 4) is 0 Å². The molecule has 106 valence electrons. The topological polar surface area (TPSA) is 68.3 Å². The first-order valence-electron chi connectivity index (χ1n) is 6.02. The molecular formula is C12H18N2O3S2. The van der Waals surface area contributed by atoms with Gasteiger partial charge >= 0.3 is 5.97 Å². The van der Waals surface area contributed by atoms with Gasteiger partial charge in [0.25, 0.3) is 0 Å². The number of aromatic nitrogens is 1. The molecule has 1 aromatic rings. The van der Waals surface area contributed by atoms with E-state index in [9.17, 15) is 9.59 Å². The van der Waals surface area contributed by atoms with E-state index in [2.05, 4.69) is 10.3 Å². The van der Waals surface area contributed by atoms with Crippen LogP contribution in [-0.2, 0) is 20.7 Å². The van der Waals surface area contributed by atoms with Crippen molar-refractivity contribution in [2.24, 2.45) is 0 Å². The molecule has 0 saturated heterocycles. The molecule has 0 aliphatic heterocycles. The highest BCUT2D eigenvalue weighted by molar-refractivity contribution is 8.00. The lowest BCUT2D eigenvalue weighted by Crippen LogP contribution is -2.15. The summed E-state index contributed by atoms with van der Waals surface area (Å²) < 4.78 is 4.84. The number of ether oxygens (including phenoxy) is 1. The Balaban J connectivity index is 2.42.